The molecule has 1 aromatic carbocycles. The van der Waals surface area contributed by atoms with E-state index in [1.54, 1.807) is 0 Å². The third-order valence-corrected chi connectivity index (χ3v) is 2.97. The highest BCUT2D eigenvalue weighted by Crippen LogP contribution is 2.33. The van der Waals surface area contributed by atoms with Gasteiger partial charge in [-0.3, -0.25) is 0 Å². The normalized spacial score (nSPS) is 21.2. The molecule has 1 aliphatic carbocycles. The molecule has 0 bridgehead atoms. The zero-order valence-corrected chi connectivity index (χ0v) is 7.87. The summed E-state index contributed by atoms with van der Waals surface area (Å²) in [6.07, 6.45) is 4.67. The molecule has 0 aliphatic heterocycles. The molecule has 1 aromatic rings. The van der Waals surface area contributed by atoms with Crippen molar-refractivity contribution in [2.45, 2.75) is 31.6 Å². The largest absolute Gasteiger partial charge is 0.396 e. The van der Waals surface area contributed by atoms with E-state index in [2.05, 4.69) is 24.3 Å². The summed E-state index contributed by atoms with van der Waals surface area (Å²) < 4.78 is 0. The van der Waals surface area contributed by atoms with E-state index in [-0.39, 0.29) is 0 Å². The second-order valence-corrected chi connectivity index (χ2v) is 3.80. The second kappa shape index (κ2) is 3.93. The summed E-state index contributed by atoms with van der Waals surface area (Å²) in [5.41, 5.74) is 2.97. The van der Waals surface area contributed by atoms with E-state index >= 15 is 0 Å². The summed E-state index contributed by atoms with van der Waals surface area (Å²) in [6.45, 7) is 0.318. The summed E-state index contributed by atoms with van der Waals surface area (Å²) in [5.74, 6) is 0.606. The monoisotopic (exact) mass is 176 g/mol. The fourth-order valence-electron chi connectivity index (χ4n) is 2.31. The highest BCUT2D eigenvalue weighted by atomic mass is 16.3. The third kappa shape index (κ3) is 1.75. The Balaban J connectivity index is 2.26. The molecule has 0 heterocycles. The Hall–Kier alpha value is -0.820. The lowest BCUT2D eigenvalue weighted by atomic mass is 9.81. The van der Waals surface area contributed by atoms with Gasteiger partial charge in [-0.05, 0) is 42.7 Å². The van der Waals surface area contributed by atoms with Crippen LogP contribution in [0.5, 0.6) is 0 Å². The standard InChI is InChI=1S/C12H16O/c13-9-8-11-6-3-5-10-4-1-2-7-12(10)11/h1-2,4,7,11,13H,3,5-6,8-9H2/t11-/m0/s1. The molecule has 0 unspecified atom stereocenters. The van der Waals surface area contributed by atoms with Gasteiger partial charge in [0.15, 0.2) is 0 Å². The van der Waals surface area contributed by atoms with Crippen molar-refractivity contribution in [2.24, 2.45) is 0 Å². The van der Waals surface area contributed by atoms with Crippen LogP contribution < -0.4 is 0 Å². The molecule has 0 radical (unpaired) electrons. The van der Waals surface area contributed by atoms with Gasteiger partial charge in [-0.2, -0.15) is 0 Å². The van der Waals surface area contributed by atoms with Crippen LogP contribution in [0, 0.1) is 0 Å². The van der Waals surface area contributed by atoms with Gasteiger partial charge in [-0.1, -0.05) is 24.3 Å². The molecule has 1 atom stereocenters. The molecule has 2 rings (SSSR count). The topological polar surface area (TPSA) is 20.2 Å². The number of hydrogen-bond acceptors (Lipinski definition) is 1. The average Bonchev–Trinajstić information content (AvgIpc) is 2.19. The Morgan fingerprint density at radius 2 is 2.15 bits per heavy atom. The van der Waals surface area contributed by atoms with Gasteiger partial charge < -0.3 is 5.11 Å². The first kappa shape index (κ1) is 8.76. The van der Waals surface area contributed by atoms with Crippen LogP contribution >= 0.6 is 0 Å². The second-order valence-electron chi connectivity index (χ2n) is 3.80. The minimum Gasteiger partial charge on any atom is -0.396 e. The molecule has 1 nitrogen and oxygen atoms in total. The van der Waals surface area contributed by atoms with E-state index in [9.17, 15) is 0 Å². The van der Waals surface area contributed by atoms with Crippen LogP contribution in [-0.4, -0.2) is 11.7 Å². The number of fused-ring (bicyclic) bond motifs is 1. The van der Waals surface area contributed by atoms with E-state index in [4.69, 9.17) is 5.11 Å². The molecule has 0 fully saturated rings. The fraction of sp³-hybridized carbons (Fsp3) is 0.500. The van der Waals surface area contributed by atoms with Crippen LogP contribution in [0.4, 0.5) is 0 Å². The minimum atomic E-state index is 0.318. The summed E-state index contributed by atoms with van der Waals surface area (Å²) in [4.78, 5) is 0. The van der Waals surface area contributed by atoms with Crippen LogP contribution in [-0.2, 0) is 6.42 Å². The van der Waals surface area contributed by atoms with Crippen LogP contribution in [0.2, 0.25) is 0 Å². The molecule has 0 saturated carbocycles. The Bertz CT molecular complexity index is 280. The lowest BCUT2D eigenvalue weighted by Gasteiger charge is -2.24. The van der Waals surface area contributed by atoms with Crippen molar-refractivity contribution in [3.63, 3.8) is 0 Å². The van der Waals surface area contributed by atoms with E-state index in [1.807, 2.05) is 0 Å². The Morgan fingerprint density at radius 1 is 1.31 bits per heavy atom. The maximum Gasteiger partial charge on any atom is 0.0436 e. The van der Waals surface area contributed by atoms with E-state index in [0.717, 1.165) is 6.42 Å². The molecule has 1 aliphatic rings. The maximum absolute atomic E-state index is 8.94. The number of benzene rings is 1. The number of aliphatic hydroxyl groups excluding tert-OH is 1. The van der Waals surface area contributed by atoms with Gasteiger partial charge in [0.05, 0.1) is 0 Å². The minimum absolute atomic E-state index is 0.318. The molecule has 0 aromatic heterocycles. The maximum atomic E-state index is 8.94. The summed E-state index contributed by atoms with van der Waals surface area (Å²) >= 11 is 0. The smallest absolute Gasteiger partial charge is 0.0436 e. The number of aryl methyl sites for hydroxylation is 1. The lowest BCUT2D eigenvalue weighted by molar-refractivity contribution is 0.269. The highest BCUT2D eigenvalue weighted by molar-refractivity contribution is 5.32. The first-order chi connectivity index (χ1) is 6.42. The molecule has 13 heavy (non-hydrogen) atoms. The molecule has 0 saturated heterocycles. The molecule has 1 heteroatoms. The first-order valence-corrected chi connectivity index (χ1v) is 5.10. The van der Waals surface area contributed by atoms with Gasteiger partial charge in [0.2, 0.25) is 0 Å². The van der Waals surface area contributed by atoms with Gasteiger partial charge in [0, 0.05) is 6.61 Å². The van der Waals surface area contributed by atoms with Gasteiger partial charge in [0.1, 0.15) is 0 Å². The predicted molar refractivity (Wildman–Crippen MR) is 53.8 cm³/mol. The van der Waals surface area contributed by atoms with Crippen LogP contribution in [0.15, 0.2) is 24.3 Å². The zero-order chi connectivity index (χ0) is 9.10. The van der Waals surface area contributed by atoms with Crippen LogP contribution in [0.1, 0.15) is 36.3 Å². The van der Waals surface area contributed by atoms with E-state index in [1.165, 1.54) is 30.4 Å². The van der Waals surface area contributed by atoms with Crippen molar-refractivity contribution in [3.8, 4) is 0 Å². The van der Waals surface area contributed by atoms with Crippen molar-refractivity contribution >= 4 is 0 Å². The molecule has 70 valence electrons. The van der Waals surface area contributed by atoms with Gasteiger partial charge in [-0.15, -0.1) is 0 Å². The van der Waals surface area contributed by atoms with E-state index < -0.39 is 0 Å². The molecular weight excluding hydrogens is 160 g/mol. The summed E-state index contributed by atoms with van der Waals surface area (Å²) in [6, 6.07) is 8.66. The first-order valence-electron chi connectivity index (χ1n) is 5.10. The number of hydrogen-bond donors (Lipinski definition) is 1. The van der Waals surface area contributed by atoms with Gasteiger partial charge >= 0.3 is 0 Å². The predicted octanol–water partition coefficient (Wildman–Crippen LogP) is 2.49. The van der Waals surface area contributed by atoms with Crippen molar-refractivity contribution < 1.29 is 5.11 Å². The lowest BCUT2D eigenvalue weighted by Crippen LogP contribution is -2.10. The fourth-order valence-corrected chi connectivity index (χ4v) is 2.31. The number of rotatable bonds is 2. The van der Waals surface area contributed by atoms with Crippen molar-refractivity contribution in [2.75, 3.05) is 6.61 Å². The molecular formula is C12H16O. The Kier molecular flexibility index (Phi) is 2.65. The molecule has 0 spiro atoms. The van der Waals surface area contributed by atoms with Gasteiger partial charge in [-0.25, -0.2) is 0 Å². The van der Waals surface area contributed by atoms with Crippen LogP contribution in [0.25, 0.3) is 0 Å². The number of aliphatic hydroxyl groups is 1. The van der Waals surface area contributed by atoms with Crippen LogP contribution in [0.3, 0.4) is 0 Å². The zero-order valence-electron chi connectivity index (χ0n) is 7.87. The molecule has 1 N–H and O–H groups in total. The van der Waals surface area contributed by atoms with Gasteiger partial charge in [0.25, 0.3) is 0 Å². The van der Waals surface area contributed by atoms with E-state index in [0.29, 0.717) is 12.5 Å². The summed E-state index contributed by atoms with van der Waals surface area (Å²) in [7, 11) is 0. The van der Waals surface area contributed by atoms with Crippen molar-refractivity contribution in [3.05, 3.63) is 35.4 Å². The molecule has 0 amide bonds. The quantitative estimate of drug-likeness (QED) is 0.734. The van der Waals surface area contributed by atoms with Crippen molar-refractivity contribution in [1.29, 1.82) is 0 Å². The highest BCUT2D eigenvalue weighted by Gasteiger charge is 2.18. The third-order valence-electron chi connectivity index (χ3n) is 2.97. The summed E-state index contributed by atoms with van der Waals surface area (Å²) in [5, 5.41) is 8.94. The van der Waals surface area contributed by atoms with Crippen molar-refractivity contribution in [1.82, 2.24) is 0 Å². The SMILES string of the molecule is OCC[C@@H]1CCCc2ccccc21. The Morgan fingerprint density at radius 3 is 3.00 bits per heavy atom. The Labute approximate surface area is 79.4 Å². The average molecular weight is 176 g/mol.